The van der Waals surface area contributed by atoms with Crippen molar-refractivity contribution < 1.29 is 4.74 Å². The van der Waals surface area contributed by atoms with Crippen LogP contribution in [0.25, 0.3) is 44.4 Å². The zero-order valence-corrected chi connectivity index (χ0v) is 31.4. The summed E-state index contributed by atoms with van der Waals surface area (Å²) in [6, 6.07) is 36.5. The maximum absolute atomic E-state index is 6.63. The molecule has 3 heterocycles. The summed E-state index contributed by atoms with van der Waals surface area (Å²) in [6.07, 6.45) is 5.65. The SMILES string of the molecule is Cc1nn(-c2cccc(Oc3ccc4c5cc(C(C)CCCC(C)C)ccc5n(-c5cc(C(C)(C)C)ccn5)c4c3)c2)c(C)c1-c1ccccc1. The molecule has 3 aromatic heterocycles. The molecule has 0 amide bonds. The van der Waals surface area contributed by atoms with E-state index in [1.165, 1.54) is 46.7 Å². The van der Waals surface area contributed by atoms with Crippen LogP contribution in [-0.2, 0) is 5.41 Å². The Bertz CT molecular complexity index is 2320. The van der Waals surface area contributed by atoms with Gasteiger partial charge in [0, 0.05) is 40.4 Å². The predicted molar refractivity (Wildman–Crippen MR) is 213 cm³/mol. The van der Waals surface area contributed by atoms with Crippen molar-refractivity contribution in [2.75, 3.05) is 0 Å². The summed E-state index contributed by atoms with van der Waals surface area (Å²) in [5.74, 6) is 3.68. The maximum atomic E-state index is 6.63. The standard InChI is InChI=1S/C46H50N4O/c1-30(2)14-12-15-31(3)35-20-23-42-41(26-35)40-22-21-39(29-43(40)49(42)44-27-36(24-25-47-44)46(6,7)8)51-38-19-13-18-37(28-38)50-33(5)45(32(4)48-50)34-16-10-9-11-17-34/h9-11,13,16-31H,12,14-15H2,1-8H3. The summed E-state index contributed by atoms with van der Waals surface area (Å²) in [7, 11) is 0. The number of aryl methyl sites for hydroxylation is 1. The molecule has 7 rings (SSSR count). The number of ether oxygens (including phenoxy) is 1. The molecular formula is C46H50N4O. The number of hydrogen-bond acceptors (Lipinski definition) is 3. The Morgan fingerprint density at radius 1 is 0.725 bits per heavy atom. The normalized spacial score (nSPS) is 12.6. The van der Waals surface area contributed by atoms with Crippen LogP contribution >= 0.6 is 0 Å². The van der Waals surface area contributed by atoms with Crippen LogP contribution in [0.3, 0.4) is 0 Å². The van der Waals surface area contributed by atoms with Crippen LogP contribution in [-0.4, -0.2) is 19.3 Å². The molecule has 0 saturated heterocycles. The molecule has 4 aromatic carbocycles. The highest BCUT2D eigenvalue weighted by Gasteiger charge is 2.20. The summed E-state index contributed by atoms with van der Waals surface area (Å²) in [5.41, 5.74) is 10.3. The van der Waals surface area contributed by atoms with Crippen LogP contribution in [0.1, 0.15) is 89.2 Å². The topological polar surface area (TPSA) is 44.9 Å². The number of rotatable bonds is 10. The molecule has 0 aliphatic carbocycles. The number of aromatic nitrogens is 4. The van der Waals surface area contributed by atoms with E-state index >= 15 is 0 Å². The van der Waals surface area contributed by atoms with E-state index in [0.29, 0.717) is 5.92 Å². The lowest BCUT2D eigenvalue weighted by molar-refractivity contribution is 0.482. The van der Waals surface area contributed by atoms with Gasteiger partial charge in [-0.2, -0.15) is 5.10 Å². The fraction of sp³-hybridized carbons (Fsp3) is 0.304. The number of hydrogen-bond donors (Lipinski definition) is 0. The Morgan fingerprint density at radius 2 is 1.51 bits per heavy atom. The third-order valence-corrected chi connectivity index (χ3v) is 10.2. The Hall–Kier alpha value is -5.16. The largest absolute Gasteiger partial charge is 0.457 e. The van der Waals surface area contributed by atoms with Crippen LogP contribution in [0.15, 0.2) is 109 Å². The second kappa shape index (κ2) is 13.9. The minimum absolute atomic E-state index is 0.00164. The van der Waals surface area contributed by atoms with Crippen molar-refractivity contribution >= 4 is 21.8 Å². The van der Waals surface area contributed by atoms with Crippen LogP contribution in [0.4, 0.5) is 0 Å². The third-order valence-electron chi connectivity index (χ3n) is 10.2. The minimum atomic E-state index is 0.00164. The Kier molecular flexibility index (Phi) is 9.32. The fourth-order valence-corrected chi connectivity index (χ4v) is 7.37. The lowest BCUT2D eigenvalue weighted by Gasteiger charge is -2.20. The Labute approximate surface area is 302 Å². The first-order chi connectivity index (χ1) is 24.5. The monoisotopic (exact) mass is 674 g/mol. The molecule has 51 heavy (non-hydrogen) atoms. The van der Waals surface area contributed by atoms with Gasteiger partial charge in [-0.1, -0.05) is 96.8 Å². The van der Waals surface area contributed by atoms with E-state index in [4.69, 9.17) is 14.8 Å². The van der Waals surface area contributed by atoms with Gasteiger partial charge in [-0.05, 0) is 103 Å². The first-order valence-corrected chi connectivity index (χ1v) is 18.4. The summed E-state index contributed by atoms with van der Waals surface area (Å²) in [4.78, 5) is 4.92. The molecule has 0 spiro atoms. The second-order valence-corrected chi connectivity index (χ2v) is 15.6. The van der Waals surface area contributed by atoms with Crippen molar-refractivity contribution in [2.24, 2.45) is 5.92 Å². The third kappa shape index (κ3) is 6.95. The van der Waals surface area contributed by atoms with Gasteiger partial charge in [-0.3, -0.25) is 4.57 Å². The van der Waals surface area contributed by atoms with Crippen molar-refractivity contribution in [3.05, 3.63) is 132 Å². The van der Waals surface area contributed by atoms with Gasteiger partial charge in [-0.15, -0.1) is 0 Å². The molecule has 0 N–H and O–H groups in total. The van der Waals surface area contributed by atoms with Gasteiger partial charge >= 0.3 is 0 Å². The van der Waals surface area contributed by atoms with Gasteiger partial charge in [0.15, 0.2) is 0 Å². The van der Waals surface area contributed by atoms with E-state index in [-0.39, 0.29) is 5.41 Å². The van der Waals surface area contributed by atoms with Crippen molar-refractivity contribution in [3.8, 4) is 34.1 Å². The molecule has 5 nitrogen and oxygen atoms in total. The molecule has 7 aromatic rings. The van der Waals surface area contributed by atoms with Crippen LogP contribution in [0.2, 0.25) is 0 Å². The van der Waals surface area contributed by atoms with E-state index in [2.05, 4.69) is 145 Å². The van der Waals surface area contributed by atoms with Crippen molar-refractivity contribution in [3.63, 3.8) is 0 Å². The van der Waals surface area contributed by atoms with Crippen LogP contribution in [0, 0.1) is 19.8 Å². The van der Waals surface area contributed by atoms with Crippen molar-refractivity contribution in [2.45, 2.75) is 86.0 Å². The molecule has 0 aliphatic rings. The Morgan fingerprint density at radius 3 is 2.27 bits per heavy atom. The predicted octanol–water partition coefficient (Wildman–Crippen LogP) is 12.7. The molecule has 260 valence electrons. The zero-order valence-electron chi connectivity index (χ0n) is 31.4. The van der Waals surface area contributed by atoms with Crippen LogP contribution in [0.5, 0.6) is 11.5 Å². The van der Waals surface area contributed by atoms with Gasteiger partial charge in [0.25, 0.3) is 0 Å². The summed E-state index contributed by atoms with van der Waals surface area (Å²) in [6.45, 7) is 17.9. The molecule has 0 fully saturated rings. The number of fused-ring (bicyclic) bond motifs is 3. The van der Waals surface area contributed by atoms with Crippen molar-refractivity contribution in [1.29, 1.82) is 0 Å². The number of benzene rings is 4. The van der Waals surface area contributed by atoms with Gasteiger partial charge < -0.3 is 4.74 Å². The van der Waals surface area contributed by atoms with Gasteiger partial charge in [-0.25, -0.2) is 9.67 Å². The van der Waals surface area contributed by atoms with E-state index in [0.717, 1.165) is 56.9 Å². The average molecular weight is 675 g/mol. The van der Waals surface area contributed by atoms with Gasteiger partial charge in [0.05, 0.1) is 22.4 Å². The lowest BCUT2D eigenvalue weighted by atomic mass is 9.88. The highest BCUT2D eigenvalue weighted by Crippen LogP contribution is 2.38. The van der Waals surface area contributed by atoms with Gasteiger partial charge in [0.2, 0.25) is 0 Å². The first kappa shape index (κ1) is 34.3. The summed E-state index contributed by atoms with van der Waals surface area (Å²) < 4.78 is 10.9. The highest BCUT2D eigenvalue weighted by atomic mass is 16.5. The number of nitrogens with zero attached hydrogens (tertiary/aromatic N) is 4. The minimum Gasteiger partial charge on any atom is -0.457 e. The van der Waals surface area contributed by atoms with E-state index in [1.807, 2.05) is 29.1 Å². The maximum Gasteiger partial charge on any atom is 0.137 e. The molecule has 5 heteroatoms. The van der Waals surface area contributed by atoms with Crippen LogP contribution < -0.4 is 4.74 Å². The zero-order chi connectivity index (χ0) is 35.9. The summed E-state index contributed by atoms with van der Waals surface area (Å²) >= 11 is 0. The quantitative estimate of drug-likeness (QED) is 0.145. The molecule has 0 radical (unpaired) electrons. The molecule has 0 aliphatic heterocycles. The molecule has 1 atom stereocenters. The Balaban J connectivity index is 1.29. The molecule has 0 saturated carbocycles. The molecule has 0 bridgehead atoms. The first-order valence-electron chi connectivity index (χ1n) is 18.4. The van der Waals surface area contributed by atoms with E-state index < -0.39 is 0 Å². The van der Waals surface area contributed by atoms with Gasteiger partial charge in [0.1, 0.15) is 17.3 Å². The smallest absolute Gasteiger partial charge is 0.137 e. The summed E-state index contributed by atoms with van der Waals surface area (Å²) in [5, 5.41) is 7.37. The molecular weight excluding hydrogens is 625 g/mol. The number of pyridine rings is 1. The van der Waals surface area contributed by atoms with E-state index in [1.54, 1.807) is 0 Å². The van der Waals surface area contributed by atoms with E-state index in [9.17, 15) is 0 Å². The average Bonchev–Trinajstić information content (AvgIpc) is 3.60. The fourth-order valence-electron chi connectivity index (χ4n) is 7.37. The molecule has 1 unspecified atom stereocenters. The lowest BCUT2D eigenvalue weighted by Crippen LogP contribution is -2.12. The second-order valence-electron chi connectivity index (χ2n) is 15.6. The highest BCUT2D eigenvalue weighted by molar-refractivity contribution is 6.09. The van der Waals surface area contributed by atoms with Crippen molar-refractivity contribution in [1.82, 2.24) is 19.3 Å².